The summed E-state index contributed by atoms with van der Waals surface area (Å²) in [7, 11) is -3.24. The fourth-order valence-corrected chi connectivity index (χ4v) is 2.83. The van der Waals surface area contributed by atoms with E-state index in [9.17, 15) is 13.5 Å². The lowest BCUT2D eigenvalue weighted by Gasteiger charge is -2.08. The van der Waals surface area contributed by atoms with Gasteiger partial charge in [0.2, 0.25) is 0 Å². The lowest BCUT2D eigenvalue weighted by atomic mass is 10.1. The normalized spacial score (nSPS) is 13.4. The van der Waals surface area contributed by atoms with Gasteiger partial charge < -0.3 is 9.52 Å². The maximum absolute atomic E-state index is 11.4. The van der Waals surface area contributed by atoms with Gasteiger partial charge in [0, 0.05) is 11.6 Å². The molecule has 0 aliphatic carbocycles. The topological polar surface area (TPSA) is 67.5 Å². The van der Waals surface area contributed by atoms with Crippen LogP contribution < -0.4 is 0 Å². The van der Waals surface area contributed by atoms with Gasteiger partial charge in [-0.1, -0.05) is 30.3 Å². The zero-order valence-corrected chi connectivity index (χ0v) is 12.2. The molecule has 1 atom stereocenters. The number of fused-ring (bicyclic) bond motifs is 1. The highest BCUT2D eigenvalue weighted by atomic mass is 32.2. The number of rotatable bonds is 3. The number of hydrogen-bond acceptors (Lipinski definition) is 4. The summed E-state index contributed by atoms with van der Waals surface area (Å²) in [6.45, 7) is 0. The van der Waals surface area contributed by atoms with Crippen LogP contribution in [0.25, 0.3) is 11.0 Å². The summed E-state index contributed by atoms with van der Waals surface area (Å²) >= 11 is 0. The summed E-state index contributed by atoms with van der Waals surface area (Å²) in [5.74, 6) is 0.434. The third-order valence-electron chi connectivity index (χ3n) is 3.34. The van der Waals surface area contributed by atoms with Crippen molar-refractivity contribution in [3.63, 3.8) is 0 Å². The molecule has 2 aromatic carbocycles. The van der Waals surface area contributed by atoms with E-state index in [1.54, 1.807) is 18.2 Å². The molecule has 0 radical (unpaired) electrons. The molecule has 21 heavy (non-hydrogen) atoms. The van der Waals surface area contributed by atoms with Crippen LogP contribution in [0.3, 0.4) is 0 Å². The van der Waals surface area contributed by atoms with Gasteiger partial charge >= 0.3 is 0 Å². The highest BCUT2D eigenvalue weighted by Crippen LogP contribution is 2.28. The third kappa shape index (κ3) is 2.70. The molecular formula is C16H14O4S. The number of benzene rings is 2. The fraction of sp³-hybridized carbons (Fsp3) is 0.125. The average Bonchev–Trinajstić information content (AvgIpc) is 2.89. The number of para-hydroxylation sites is 1. The maximum Gasteiger partial charge on any atom is 0.175 e. The first-order valence-electron chi connectivity index (χ1n) is 6.42. The maximum atomic E-state index is 11.4. The molecule has 4 nitrogen and oxygen atoms in total. The average molecular weight is 302 g/mol. The molecule has 1 heterocycles. The lowest BCUT2D eigenvalue weighted by Crippen LogP contribution is -2.00. The second-order valence-corrected chi connectivity index (χ2v) is 6.95. The third-order valence-corrected chi connectivity index (χ3v) is 4.47. The van der Waals surface area contributed by atoms with Crippen molar-refractivity contribution in [3.8, 4) is 0 Å². The predicted molar refractivity (Wildman–Crippen MR) is 79.8 cm³/mol. The van der Waals surface area contributed by atoms with Crippen molar-refractivity contribution in [3.05, 3.63) is 65.9 Å². The van der Waals surface area contributed by atoms with E-state index in [2.05, 4.69) is 0 Å². The van der Waals surface area contributed by atoms with E-state index < -0.39 is 15.9 Å². The van der Waals surface area contributed by atoms with Crippen LogP contribution in [0.1, 0.15) is 17.4 Å². The van der Waals surface area contributed by atoms with Gasteiger partial charge in [0.05, 0.1) is 4.90 Å². The lowest BCUT2D eigenvalue weighted by molar-refractivity contribution is 0.192. The Morgan fingerprint density at radius 2 is 1.71 bits per heavy atom. The van der Waals surface area contributed by atoms with Crippen LogP contribution >= 0.6 is 0 Å². The molecule has 0 aliphatic rings. The Bertz CT molecular complexity index is 843. The Kier molecular flexibility index (Phi) is 3.31. The number of sulfone groups is 1. The molecule has 0 saturated heterocycles. The Labute approximate surface area is 122 Å². The van der Waals surface area contributed by atoms with Crippen LogP contribution in [-0.4, -0.2) is 19.8 Å². The molecule has 3 rings (SSSR count). The molecular weight excluding hydrogens is 288 g/mol. The van der Waals surface area contributed by atoms with Gasteiger partial charge in [-0.3, -0.25) is 0 Å². The van der Waals surface area contributed by atoms with Crippen LogP contribution in [0.5, 0.6) is 0 Å². The van der Waals surface area contributed by atoms with E-state index in [1.807, 2.05) is 24.3 Å². The van der Waals surface area contributed by atoms with E-state index in [-0.39, 0.29) is 4.90 Å². The Morgan fingerprint density at radius 1 is 1.05 bits per heavy atom. The first-order valence-corrected chi connectivity index (χ1v) is 8.31. The van der Waals surface area contributed by atoms with Crippen molar-refractivity contribution in [2.45, 2.75) is 11.0 Å². The van der Waals surface area contributed by atoms with E-state index in [0.717, 1.165) is 11.6 Å². The fourth-order valence-electron chi connectivity index (χ4n) is 2.20. The van der Waals surface area contributed by atoms with E-state index in [4.69, 9.17) is 4.42 Å². The zero-order valence-electron chi connectivity index (χ0n) is 11.4. The van der Waals surface area contributed by atoms with Crippen LogP contribution in [0.2, 0.25) is 0 Å². The summed E-state index contributed by atoms with van der Waals surface area (Å²) in [6, 6.07) is 15.4. The van der Waals surface area contributed by atoms with Gasteiger partial charge in [0.1, 0.15) is 17.4 Å². The van der Waals surface area contributed by atoms with Crippen molar-refractivity contribution in [1.82, 2.24) is 0 Å². The van der Waals surface area contributed by atoms with Crippen molar-refractivity contribution in [2.75, 3.05) is 6.26 Å². The molecule has 0 bridgehead atoms. The molecule has 1 aromatic heterocycles. The first kappa shape index (κ1) is 13.9. The summed E-state index contributed by atoms with van der Waals surface area (Å²) in [5.41, 5.74) is 1.29. The Balaban J connectivity index is 1.96. The van der Waals surface area contributed by atoms with Crippen LogP contribution in [0, 0.1) is 0 Å². The summed E-state index contributed by atoms with van der Waals surface area (Å²) in [6.07, 6.45) is 0.225. The number of furan rings is 1. The smallest absolute Gasteiger partial charge is 0.175 e. The summed E-state index contributed by atoms with van der Waals surface area (Å²) in [5, 5.41) is 11.3. The van der Waals surface area contributed by atoms with Crippen molar-refractivity contribution in [1.29, 1.82) is 0 Å². The molecule has 3 aromatic rings. The van der Waals surface area contributed by atoms with Crippen molar-refractivity contribution in [2.24, 2.45) is 0 Å². The summed E-state index contributed by atoms with van der Waals surface area (Å²) in [4.78, 5) is 0.225. The van der Waals surface area contributed by atoms with Crippen molar-refractivity contribution >= 4 is 20.8 Å². The highest BCUT2D eigenvalue weighted by Gasteiger charge is 2.16. The largest absolute Gasteiger partial charge is 0.458 e. The standard InChI is InChI=1S/C16H14O4S/c1-21(18,19)13-8-6-11(7-9-13)16(17)15-10-12-4-2-3-5-14(12)20-15/h2-10,16-17H,1H3. The minimum Gasteiger partial charge on any atom is -0.458 e. The van der Waals surface area contributed by atoms with Gasteiger partial charge in [-0.25, -0.2) is 8.42 Å². The molecule has 5 heteroatoms. The monoisotopic (exact) mass is 302 g/mol. The minimum atomic E-state index is -3.24. The quantitative estimate of drug-likeness (QED) is 0.807. The van der Waals surface area contributed by atoms with Crippen LogP contribution in [-0.2, 0) is 9.84 Å². The van der Waals surface area contributed by atoms with Gasteiger partial charge in [-0.15, -0.1) is 0 Å². The number of aliphatic hydroxyl groups is 1. The second kappa shape index (κ2) is 5.02. The molecule has 108 valence electrons. The molecule has 0 spiro atoms. The molecule has 0 aliphatic heterocycles. The minimum absolute atomic E-state index is 0.225. The van der Waals surface area contributed by atoms with Crippen LogP contribution in [0.4, 0.5) is 0 Å². The number of hydrogen-bond donors (Lipinski definition) is 1. The van der Waals surface area contributed by atoms with E-state index >= 15 is 0 Å². The van der Waals surface area contributed by atoms with Gasteiger partial charge in [0.15, 0.2) is 9.84 Å². The van der Waals surface area contributed by atoms with Crippen LogP contribution in [0.15, 0.2) is 63.9 Å². The second-order valence-electron chi connectivity index (χ2n) is 4.93. The Morgan fingerprint density at radius 3 is 2.33 bits per heavy atom. The summed E-state index contributed by atoms with van der Waals surface area (Å²) < 4.78 is 28.5. The first-order chi connectivity index (χ1) is 9.95. The van der Waals surface area contributed by atoms with Gasteiger partial charge in [0.25, 0.3) is 0 Å². The van der Waals surface area contributed by atoms with Crippen molar-refractivity contribution < 1.29 is 17.9 Å². The molecule has 1 unspecified atom stereocenters. The molecule has 1 N–H and O–H groups in total. The van der Waals surface area contributed by atoms with Gasteiger partial charge in [-0.05, 0) is 29.8 Å². The van der Waals surface area contributed by atoms with E-state index in [0.29, 0.717) is 16.9 Å². The number of aliphatic hydroxyl groups excluding tert-OH is 1. The SMILES string of the molecule is CS(=O)(=O)c1ccc(C(O)c2cc3ccccc3o2)cc1. The van der Waals surface area contributed by atoms with E-state index in [1.165, 1.54) is 12.1 Å². The molecule has 0 saturated carbocycles. The Hall–Kier alpha value is -2.11. The highest BCUT2D eigenvalue weighted by molar-refractivity contribution is 7.90. The zero-order chi connectivity index (χ0) is 15.0. The molecule has 0 amide bonds. The van der Waals surface area contributed by atoms with Gasteiger partial charge in [-0.2, -0.15) is 0 Å². The molecule has 0 fully saturated rings. The predicted octanol–water partition coefficient (Wildman–Crippen LogP) is 2.92.